The fourth-order valence-corrected chi connectivity index (χ4v) is 5.08. The number of benzene rings is 6. The number of hydrogen-bond donors (Lipinski definition) is 0. The number of ether oxygens (including phenoxy) is 2. The highest BCUT2D eigenvalue weighted by molar-refractivity contribution is 5.67. The van der Waals surface area contributed by atoms with Gasteiger partial charge in [0.15, 0.2) is 17.5 Å². The van der Waals surface area contributed by atoms with Crippen molar-refractivity contribution >= 4 is 0 Å². The van der Waals surface area contributed by atoms with Crippen LogP contribution in [-0.4, -0.2) is 15.0 Å². The fourth-order valence-electron chi connectivity index (χ4n) is 5.08. The van der Waals surface area contributed by atoms with Gasteiger partial charge < -0.3 is 9.47 Å². The smallest absolute Gasteiger partial charge is 0.164 e. The summed E-state index contributed by atoms with van der Waals surface area (Å²) in [6, 6.07) is 50.1. The lowest BCUT2D eigenvalue weighted by Gasteiger charge is -2.10. The molecule has 0 aliphatic carbocycles. The van der Waals surface area contributed by atoms with Crippen LogP contribution in [0.5, 0.6) is 23.0 Å². The minimum Gasteiger partial charge on any atom is -0.457 e. The predicted octanol–water partition coefficient (Wildman–Crippen LogP) is 19.6. The Labute approximate surface area is 392 Å². The summed E-state index contributed by atoms with van der Waals surface area (Å²) in [5, 5.41) is 0. The molecular formula is C59H85N3O2. The van der Waals surface area contributed by atoms with Crippen LogP contribution < -0.4 is 9.47 Å². The Morgan fingerprint density at radius 3 is 0.797 bits per heavy atom. The van der Waals surface area contributed by atoms with Crippen LogP contribution in [0.3, 0.4) is 0 Å². The maximum atomic E-state index is 5.92. The predicted molar refractivity (Wildman–Crippen MR) is 285 cm³/mol. The Kier molecular flexibility index (Phi) is 39.8. The van der Waals surface area contributed by atoms with Gasteiger partial charge >= 0.3 is 0 Å². The summed E-state index contributed by atoms with van der Waals surface area (Å²) in [5.41, 5.74) is 7.66. The van der Waals surface area contributed by atoms with E-state index in [1.807, 2.05) is 232 Å². The molecule has 0 spiro atoms. The van der Waals surface area contributed by atoms with Crippen LogP contribution in [0.15, 0.2) is 152 Å². The zero-order valence-electron chi connectivity index (χ0n) is 43.6. The highest BCUT2D eigenvalue weighted by Crippen LogP contribution is 2.28. The van der Waals surface area contributed by atoms with Crippen LogP contribution in [-0.2, 0) is 0 Å². The largest absolute Gasteiger partial charge is 0.457 e. The second kappa shape index (κ2) is 41.0. The summed E-state index contributed by atoms with van der Waals surface area (Å²) in [7, 11) is 0. The third kappa shape index (κ3) is 24.0. The Balaban J connectivity index is -0.00000101. The zero-order chi connectivity index (χ0) is 49.3. The number of rotatable bonds is 7. The highest BCUT2D eigenvalue weighted by atomic mass is 16.5. The van der Waals surface area contributed by atoms with E-state index in [9.17, 15) is 0 Å². The molecule has 1 aromatic heterocycles. The van der Waals surface area contributed by atoms with Crippen molar-refractivity contribution in [1.82, 2.24) is 15.0 Å². The molecule has 64 heavy (non-hydrogen) atoms. The van der Waals surface area contributed by atoms with Crippen molar-refractivity contribution in [3.63, 3.8) is 0 Å². The molecular weight excluding hydrogens is 783 g/mol. The first kappa shape index (κ1) is 62.2. The van der Waals surface area contributed by atoms with Gasteiger partial charge in [-0.1, -0.05) is 213 Å². The molecule has 5 nitrogen and oxygen atoms in total. The Morgan fingerprint density at radius 1 is 0.250 bits per heavy atom. The van der Waals surface area contributed by atoms with E-state index in [1.54, 1.807) is 0 Å². The van der Waals surface area contributed by atoms with Gasteiger partial charge in [-0.25, -0.2) is 15.0 Å². The highest BCUT2D eigenvalue weighted by Gasteiger charge is 2.12. The lowest BCUT2D eigenvalue weighted by Crippen LogP contribution is -2.00. The molecule has 0 aliphatic rings. The lowest BCUT2D eigenvalue weighted by molar-refractivity contribution is 0.482. The molecule has 0 saturated heterocycles. The molecule has 0 aliphatic heterocycles. The molecule has 348 valence electrons. The molecule has 0 saturated carbocycles. The monoisotopic (exact) mass is 868 g/mol. The van der Waals surface area contributed by atoms with Gasteiger partial charge in [-0.2, -0.15) is 0 Å². The molecule has 0 N–H and O–H groups in total. The molecule has 0 amide bonds. The molecule has 0 fully saturated rings. The normalized spacial score (nSPS) is 8.62. The molecule has 0 unspecified atom stereocenters. The van der Waals surface area contributed by atoms with E-state index < -0.39 is 0 Å². The van der Waals surface area contributed by atoms with Gasteiger partial charge in [-0.3, -0.25) is 0 Å². The van der Waals surface area contributed by atoms with Gasteiger partial charge in [0.25, 0.3) is 0 Å². The van der Waals surface area contributed by atoms with Crippen molar-refractivity contribution in [3.05, 3.63) is 174 Å². The minimum atomic E-state index is 0.627. The second-order valence-corrected chi connectivity index (χ2v) is 11.7. The lowest BCUT2D eigenvalue weighted by atomic mass is 10.1. The molecule has 0 radical (unpaired) electrons. The van der Waals surface area contributed by atoms with Crippen molar-refractivity contribution in [2.24, 2.45) is 0 Å². The van der Waals surface area contributed by atoms with Crippen molar-refractivity contribution in [1.29, 1.82) is 0 Å². The third-order valence-corrected chi connectivity index (χ3v) is 7.52. The van der Waals surface area contributed by atoms with Gasteiger partial charge in [0.05, 0.1) is 0 Å². The number of nitrogens with zero attached hydrogens (tertiary/aromatic N) is 3. The van der Waals surface area contributed by atoms with Crippen LogP contribution in [0.25, 0.3) is 34.2 Å². The molecule has 7 aromatic rings. The Hall–Kier alpha value is -6.07. The van der Waals surface area contributed by atoms with Crippen molar-refractivity contribution in [2.75, 3.05) is 0 Å². The van der Waals surface area contributed by atoms with Crippen LogP contribution in [0.2, 0.25) is 0 Å². The third-order valence-electron chi connectivity index (χ3n) is 7.52. The number of aromatic nitrogens is 3. The van der Waals surface area contributed by atoms with Gasteiger partial charge in [0, 0.05) is 16.7 Å². The average molecular weight is 868 g/mol. The SMILES string of the molecule is CC.CC.CC.CC.CC.CC.CC.CC.Cc1cc(C)cc(Oc2ccccc2)c1.Cc1ccc(-c2nc(-c3ccc(C)cc3)nc(-c3ccc(Oc4ccccc4)cc3)n2)cc1. The summed E-state index contributed by atoms with van der Waals surface area (Å²) in [5.74, 6) is 5.27. The Bertz CT molecular complexity index is 2000. The molecule has 7 rings (SSSR count). The molecule has 1 heterocycles. The molecule has 0 atom stereocenters. The summed E-state index contributed by atoms with van der Waals surface area (Å²) < 4.78 is 11.7. The van der Waals surface area contributed by atoms with E-state index in [-0.39, 0.29) is 0 Å². The molecule has 5 heteroatoms. The topological polar surface area (TPSA) is 57.1 Å². The van der Waals surface area contributed by atoms with Gasteiger partial charge in [-0.05, 0) is 99.5 Å². The van der Waals surface area contributed by atoms with Crippen molar-refractivity contribution in [2.45, 2.75) is 138 Å². The minimum absolute atomic E-state index is 0.627. The summed E-state index contributed by atoms with van der Waals surface area (Å²) in [6.07, 6.45) is 0. The van der Waals surface area contributed by atoms with Crippen LogP contribution in [0.1, 0.15) is 133 Å². The quantitative estimate of drug-likeness (QED) is 0.160. The summed E-state index contributed by atoms with van der Waals surface area (Å²) >= 11 is 0. The first-order valence-corrected chi connectivity index (χ1v) is 23.9. The molecule has 6 aromatic carbocycles. The Morgan fingerprint density at radius 2 is 0.500 bits per heavy atom. The first-order chi connectivity index (χ1) is 31.4. The van der Waals surface area contributed by atoms with E-state index in [1.165, 1.54) is 22.3 Å². The standard InChI is InChI=1S/C29H23N3O.C14H14O.8C2H6/c1-20-8-12-22(13-9-20)27-30-28(23-14-10-21(2)11-15-23)32-29(31-27)24-16-18-26(19-17-24)33-25-6-4-3-5-7-25;1-11-8-12(2)10-14(9-11)15-13-6-4-3-5-7-13;8*1-2/h3-19H,1-2H3;3-10H,1-2H3;8*1-2H3. The maximum Gasteiger partial charge on any atom is 0.164 e. The van der Waals surface area contributed by atoms with Crippen molar-refractivity contribution < 1.29 is 9.47 Å². The van der Waals surface area contributed by atoms with Crippen LogP contribution in [0.4, 0.5) is 0 Å². The average Bonchev–Trinajstić information content (AvgIpc) is 3.37. The maximum absolute atomic E-state index is 5.92. The first-order valence-electron chi connectivity index (χ1n) is 23.9. The van der Waals surface area contributed by atoms with Gasteiger partial charge in [0.2, 0.25) is 0 Å². The zero-order valence-corrected chi connectivity index (χ0v) is 43.6. The number of hydrogen-bond acceptors (Lipinski definition) is 5. The fraction of sp³-hybridized carbons (Fsp3) is 0.339. The van der Waals surface area contributed by atoms with Crippen LogP contribution in [0, 0.1) is 27.7 Å². The van der Waals surface area contributed by atoms with E-state index in [0.29, 0.717) is 17.5 Å². The van der Waals surface area contributed by atoms with E-state index in [0.717, 1.165) is 39.7 Å². The summed E-state index contributed by atoms with van der Waals surface area (Å²) in [6.45, 7) is 40.3. The van der Waals surface area contributed by atoms with Gasteiger partial charge in [0.1, 0.15) is 23.0 Å². The summed E-state index contributed by atoms with van der Waals surface area (Å²) in [4.78, 5) is 14.4. The second-order valence-electron chi connectivity index (χ2n) is 11.7. The van der Waals surface area contributed by atoms with E-state index >= 15 is 0 Å². The number of para-hydroxylation sites is 2. The molecule has 0 bridgehead atoms. The van der Waals surface area contributed by atoms with E-state index in [4.69, 9.17) is 24.4 Å². The number of aryl methyl sites for hydroxylation is 4. The van der Waals surface area contributed by atoms with Gasteiger partial charge in [-0.15, -0.1) is 0 Å². The van der Waals surface area contributed by atoms with E-state index in [2.05, 4.69) is 58.0 Å². The van der Waals surface area contributed by atoms with Crippen LogP contribution >= 0.6 is 0 Å². The van der Waals surface area contributed by atoms with Crippen molar-refractivity contribution in [3.8, 4) is 57.2 Å².